The molecule has 0 aromatic heterocycles. The summed E-state index contributed by atoms with van der Waals surface area (Å²) >= 11 is 0. The molecular weight excluding hydrogens is 158 g/mol. The molecule has 2 N–H and O–H groups in total. The largest absolute Gasteiger partial charge is 0.327 e. The molecule has 0 bridgehead atoms. The van der Waals surface area contributed by atoms with Crippen LogP contribution < -0.4 is 5.73 Å². The monoisotopic (exact) mass is 176 g/mol. The van der Waals surface area contributed by atoms with Gasteiger partial charge in [0.05, 0.1) is 0 Å². The highest BCUT2D eigenvalue weighted by Crippen LogP contribution is 2.19. The van der Waals surface area contributed by atoms with Gasteiger partial charge in [-0.2, -0.15) is 0 Å². The average molecular weight is 176 g/mol. The van der Waals surface area contributed by atoms with Crippen molar-refractivity contribution in [2.75, 3.05) is 0 Å². The molecule has 13 heavy (non-hydrogen) atoms. The standard InChI is InChI=1S/C12H18N/c1-3-7-12(13)10(2)11-8-5-4-6-9-11/h3-6,8-10,12H,7,13H2,1-2H3. The van der Waals surface area contributed by atoms with Crippen LogP contribution in [0.25, 0.3) is 0 Å². The van der Waals surface area contributed by atoms with E-state index in [0.717, 1.165) is 6.42 Å². The van der Waals surface area contributed by atoms with Gasteiger partial charge >= 0.3 is 0 Å². The zero-order valence-corrected chi connectivity index (χ0v) is 8.40. The van der Waals surface area contributed by atoms with E-state index in [1.165, 1.54) is 5.56 Å². The third-order valence-corrected chi connectivity index (χ3v) is 2.48. The molecule has 0 aliphatic rings. The molecule has 1 aromatic rings. The minimum atomic E-state index is 0.243. The Kier molecular flexibility index (Phi) is 3.97. The maximum absolute atomic E-state index is 6.03. The molecule has 0 spiro atoms. The highest BCUT2D eigenvalue weighted by atomic mass is 14.6. The van der Waals surface area contributed by atoms with Gasteiger partial charge in [-0.15, -0.1) is 0 Å². The lowest BCUT2D eigenvalue weighted by Gasteiger charge is -2.19. The first-order valence-corrected chi connectivity index (χ1v) is 4.84. The van der Waals surface area contributed by atoms with Gasteiger partial charge < -0.3 is 5.73 Å². The zero-order chi connectivity index (χ0) is 9.68. The minimum Gasteiger partial charge on any atom is -0.327 e. The van der Waals surface area contributed by atoms with E-state index in [2.05, 4.69) is 44.5 Å². The molecule has 0 aliphatic heterocycles. The van der Waals surface area contributed by atoms with Crippen LogP contribution in [0.1, 0.15) is 31.7 Å². The van der Waals surface area contributed by atoms with Gasteiger partial charge in [0, 0.05) is 6.04 Å². The molecule has 1 aromatic carbocycles. The molecule has 0 amide bonds. The highest BCUT2D eigenvalue weighted by molar-refractivity contribution is 5.20. The Morgan fingerprint density at radius 1 is 1.31 bits per heavy atom. The molecule has 71 valence electrons. The van der Waals surface area contributed by atoms with Gasteiger partial charge in [-0.25, -0.2) is 0 Å². The van der Waals surface area contributed by atoms with E-state index in [1.807, 2.05) is 6.07 Å². The normalized spacial score (nSPS) is 15.3. The van der Waals surface area contributed by atoms with Gasteiger partial charge in [0.1, 0.15) is 0 Å². The number of nitrogens with two attached hydrogens (primary N) is 1. The first-order chi connectivity index (χ1) is 6.25. The molecule has 0 aliphatic carbocycles. The summed E-state index contributed by atoms with van der Waals surface area (Å²) in [4.78, 5) is 0. The Morgan fingerprint density at radius 2 is 1.92 bits per heavy atom. The van der Waals surface area contributed by atoms with E-state index >= 15 is 0 Å². The Balaban J connectivity index is 2.62. The molecule has 1 nitrogen and oxygen atoms in total. The lowest BCUT2D eigenvalue weighted by molar-refractivity contribution is 0.559. The second-order valence-electron chi connectivity index (χ2n) is 3.51. The number of hydrogen-bond acceptors (Lipinski definition) is 1. The topological polar surface area (TPSA) is 26.0 Å². The van der Waals surface area contributed by atoms with E-state index in [0.29, 0.717) is 5.92 Å². The van der Waals surface area contributed by atoms with Crippen LogP contribution in [0, 0.1) is 6.42 Å². The fourth-order valence-corrected chi connectivity index (χ4v) is 1.48. The molecule has 1 heteroatoms. The summed E-state index contributed by atoms with van der Waals surface area (Å²) in [7, 11) is 0. The number of hydrogen-bond donors (Lipinski definition) is 1. The van der Waals surface area contributed by atoms with Crippen LogP contribution in [0.15, 0.2) is 30.3 Å². The Hall–Kier alpha value is -0.820. The van der Waals surface area contributed by atoms with Crippen molar-refractivity contribution in [3.63, 3.8) is 0 Å². The van der Waals surface area contributed by atoms with Crippen molar-refractivity contribution in [2.24, 2.45) is 5.73 Å². The Bertz CT molecular complexity index is 230. The summed E-state index contributed by atoms with van der Waals surface area (Å²) in [5.74, 6) is 0.442. The summed E-state index contributed by atoms with van der Waals surface area (Å²) in [6.45, 7) is 4.24. The number of benzene rings is 1. The molecule has 0 fully saturated rings. The molecule has 0 saturated carbocycles. The van der Waals surface area contributed by atoms with Gasteiger partial charge in [0.15, 0.2) is 0 Å². The fraction of sp³-hybridized carbons (Fsp3) is 0.417. The summed E-state index contributed by atoms with van der Waals surface area (Å²) in [6, 6.07) is 10.7. The first kappa shape index (κ1) is 10.3. The molecule has 2 unspecified atom stereocenters. The maximum atomic E-state index is 6.03. The fourth-order valence-electron chi connectivity index (χ4n) is 1.48. The predicted octanol–water partition coefficient (Wildman–Crippen LogP) is 2.73. The first-order valence-electron chi connectivity index (χ1n) is 4.84. The third kappa shape index (κ3) is 2.85. The van der Waals surface area contributed by atoms with Crippen LogP contribution in [-0.2, 0) is 0 Å². The van der Waals surface area contributed by atoms with Crippen LogP contribution in [0.4, 0.5) is 0 Å². The third-order valence-electron chi connectivity index (χ3n) is 2.48. The van der Waals surface area contributed by atoms with Crippen molar-refractivity contribution in [1.82, 2.24) is 0 Å². The van der Waals surface area contributed by atoms with Crippen LogP contribution in [0.2, 0.25) is 0 Å². The Labute approximate surface area is 81.0 Å². The molecule has 1 radical (unpaired) electrons. The van der Waals surface area contributed by atoms with Crippen molar-refractivity contribution in [2.45, 2.75) is 32.2 Å². The predicted molar refractivity (Wildman–Crippen MR) is 57.4 cm³/mol. The van der Waals surface area contributed by atoms with Crippen LogP contribution in [0.3, 0.4) is 0 Å². The highest BCUT2D eigenvalue weighted by Gasteiger charge is 2.12. The van der Waals surface area contributed by atoms with Gasteiger partial charge in [-0.3, -0.25) is 0 Å². The van der Waals surface area contributed by atoms with Gasteiger partial charge in [-0.05, 0) is 24.3 Å². The van der Waals surface area contributed by atoms with Crippen molar-refractivity contribution >= 4 is 0 Å². The summed E-state index contributed by atoms with van der Waals surface area (Å²) in [5, 5.41) is 0. The molecular formula is C12H18N. The molecule has 1 rings (SSSR count). The van der Waals surface area contributed by atoms with Crippen LogP contribution in [0.5, 0.6) is 0 Å². The summed E-state index contributed by atoms with van der Waals surface area (Å²) < 4.78 is 0. The van der Waals surface area contributed by atoms with E-state index in [4.69, 9.17) is 5.73 Å². The summed E-state index contributed by atoms with van der Waals surface area (Å²) in [5.41, 5.74) is 7.36. The van der Waals surface area contributed by atoms with E-state index in [1.54, 1.807) is 0 Å². The van der Waals surface area contributed by atoms with Gasteiger partial charge in [-0.1, -0.05) is 44.2 Å². The SMILES string of the molecule is C[CH]CC(N)C(C)c1ccccc1. The molecule has 0 heterocycles. The second-order valence-corrected chi connectivity index (χ2v) is 3.51. The average Bonchev–Trinajstić information content (AvgIpc) is 2.18. The lowest BCUT2D eigenvalue weighted by atomic mass is 9.91. The molecule has 2 atom stereocenters. The zero-order valence-electron chi connectivity index (χ0n) is 8.40. The van der Waals surface area contributed by atoms with E-state index in [-0.39, 0.29) is 6.04 Å². The van der Waals surface area contributed by atoms with Crippen LogP contribution in [-0.4, -0.2) is 6.04 Å². The lowest BCUT2D eigenvalue weighted by Crippen LogP contribution is -2.26. The maximum Gasteiger partial charge on any atom is 0.0108 e. The van der Waals surface area contributed by atoms with Crippen molar-refractivity contribution in [3.05, 3.63) is 42.3 Å². The smallest absolute Gasteiger partial charge is 0.0108 e. The quantitative estimate of drug-likeness (QED) is 0.750. The van der Waals surface area contributed by atoms with E-state index in [9.17, 15) is 0 Å². The van der Waals surface area contributed by atoms with Crippen molar-refractivity contribution in [3.8, 4) is 0 Å². The molecule has 0 saturated heterocycles. The Morgan fingerprint density at radius 3 is 2.46 bits per heavy atom. The minimum absolute atomic E-state index is 0.243. The second kappa shape index (κ2) is 5.03. The van der Waals surface area contributed by atoms with Crippen molar-refractivity contribution < 1.29 is 0 Å². The van der Waals surface area contributed by atoms with Gasteiger partial charge in [0.2, 0.25) is 0 Å². The summed E-state index contributed by atoms with van der Waals surface area (Å²) in [6.07, 6.45) is 3.11. The van der Waals surface area contributed by atoms with E-state index < -0.39 is 0 Å². The number of rotatable bonds is 4. The van der Waals surface area contributed by atoms with Crippen LogP contribution >= 0.6 is 0 Å². The van der Waals surface area contributed by atoms with Gasteiger partial charge in [0.25, 0.3) is 0 Å². The van der Waals surface area contributed by atoms with Crippen molar-refractivity contribution in [1.29, 1.82) is 0 Å².